The van der Waals surface area contributed by atoms with Crippen molar-refractivity contribution in [1.29, 1.82) is 0 Å². The maximum atomic E-state index is 4.58. The number of hydrogen-bond donors (Lipinski definition) is 2. The van der Waals surface area contributed by atoms with Gasteiger partial charge in [-0.2, -0.15) is 0 Å². The van der Waals surface area contributed by atoms with E-state index in [1.54, 1.807) is 0 Å². The van der Waals surface area contributed by atoms with Gasteiger partial charge >= 0.3 is 16.8 Å². The Morgan fingerprint density at radius 3 is 1.74 bits per heavy atom. The van der Waals surface area contributed by atoms with Crippen molar-refractivity contribution in [3.8, 4) is 0 Å². The second-order valence-corrected chi connectivity index (χ2v) is 10.3. The predicted molar refractivity (Wildman–Crippen MR) is 152 cm³/mol. The van der Waals surface area contributed by atoms with E-state index in [1.807, 2.05) is 12.3 Å². The molecule has 1 aromatic heterocycles. The van der Waals surface area contributed by atoms with E-state index in [1.165, 1.54) is 39.2 Å². The van der Waals surface area contributed by atoms with Crippen molar-refractivity contribution >= 4 is 11.4 Å². The number of benzene rings is 2. The Hall–Kier alpha value is -1.76. The van der Waals surface area contributed by atoms with Crippen LogP contribution < -0.4 is 35.4 Å². The molecule has 3 rings (SSSR count). The van der Waals surface area contributed by atoms with Crippen molar-refractivity contribution in [2.24, 2.45) is 0 Å². The molecule has 3 aromatic rings. The molecule has 0 aliphatic rings. The van der Waals surface area contributed by atoms with Crippen LogP contribution in [0.3, 0.4) is 0 Å². The monoisotopic (exact) mass is 601 g/mol. The average Bonchev–Trinajstić information content (AvgIpc) is 2.81. The summed E-state index contributed by atoms with van der Waals surface area (Å²) in [5, 5.41) is 7.51. The van der Waals surface area contributed by atoms with E-state index < -0.39 is 0 Å². The van der Waals surface area contributed by atoms with Crippen molar-refractivity contribution in [3.05, 3.63) is 88.2 Å². The molecule has 0 aliphatic heterocycles. The Balaban J connectivity index is 0.00000456. The maximum Gasteiger partial charge on any atom is 2.00 e. The smallest absolute Gasteiger partial charge is 1.00 e. The van der Waals surface area contributed by atoms with Gasteiger partial charge in [-0.25, -0.2) is 0 Å². The van der Waals surface area contributed by atoms with E-state index >= 15 is 0 Å². The molecule has 1 radical (unpaired) electrons. The molecular weight excluding hydrogens is 558 g/mol. The molecule has 0 unspecified atom stereocenters. The minimum Gasteiger partial charge on any atom is -1.00 e. The summed E-state index contributed by atoms with van der Waals surface area (Å²) in [6, 6.07) is 17.4. The van der Waals surface area contributed by atoms with Gasteiger partial charge in [-0.1, -0.05) is 69.7 Å². The standard InChI is InChI=1S/C31H44N4.2ClH.Co/c1-22(2)28-12-10-13-29(23(3)4)31(28)34-16-18-35(21-27-11-8-9-14-32-27)17-15-33-30-25(6)19-24(5)20-26(30)7;;;/h8-14,19-20,22-23,33-34H,15-18,21H2,1-7H3;2*1H;/q;;;+2/p-2. The van der Waals surface area contributed by atoms with Gasteiger partial charge in [-0.05, 0) is 67.0 Å². The molecule has 0 atom stereocenters. The third-order valence-corrected chi connectivity index (χ3v) is 6.62. The van der Waals surface area contributed by atoms with Crippen LogP contribution in [0.4, 0.5) is 11.4 Å². The molecule has 0 amide bonds. The molecule has 2 N–H and O–H groups in total. The summed E-state index contributed by atoms with van der Waals surface area (Å²) in [4.78, 5) is 7.08. The van der Waals surface area contributed by atoms with E-state index in [-0.39, 0.29) is 41.6 Å². The first-order valence-electron chi connectivity index (χ1n) is 13.1. The first-order chi connectivity index (χ1) is 16.8. The van der Waals surface area contributed by atoms with Gasteiger partial charge in [-0.15, -0.1) is 0 Å². The van der Waals surface area contributed by atoms with E-state index in [0.717, 1.165) is 38.4 Å². The van der Waals surface area contributed by atoms with Gasteiger partial charge in [0.1, 0.15) is 0 Å². The SMILES string of the molecule is Cc1cc(C)c(NCCN(CCNc2c(C(C)C)cccc2C(C)C)Cc2ccccn2)c(C)c1.[Cl-].[Cl-].[Co+2]. The van der Waals surface area contributed by atoms with Crippen molar-refractivity contribution in [3.63, 3.8) is 0 Å². The fraction of sp³-hybridized carbons (Fsp3) is 0.452. The third-order valence-electron chi connectivity index (χ3n) is 6.62. The molecule has 0 aliphatic carbocycles. The van der Waals surface area contributed by atoms with Crippen LogP contribution in [0, 0.1) is 20.8 Å². The molecule has 0 bridgehead atoms. The first kappa shape index (κ1) is 36.2. The summed E-state index contributed by atoms with van der Waals surface area (Å²) < 4.78 is 0. The van der Waals surface area contributed by atoms with Gasteiger partial charge in [0, 0.05) is 50.3 Å². The number of nitrogens with one attached hydrogen (secondary N) is 2. The van der Waals surface area contributed by atoms with Crippen LogP contribution in [-0.4, -0.2) is 36.1 Å². The minimum absolute atomic E-state index is 0. The zero-order chi connectivity index (χ0) is 25.4. The molecule has 2 aromatic carbocycles. The van der Waals surface area contributed by atoms with Crippen LogP contribution in [0.15, 0.2) is 54.7 Å². The van der Waals surface area contributed by atoms with Gasteiger partial charge < -0.3 is 35.4 Å². The van der Waals surface area contributed by atoms with Gasteiger partial charge in [0.15, 0.2) is 0 Å². The predicted octanol–water partition coefficient (Wildman–Crippen LogP) is 1.29. The van der Waals surface area contributed by atoms with E-state index in [4.69, 9.17) is 0 Å². The van der Waals surface area contributed by atoms with Crippen LogP contribution >= 0.6 is 0 Å². The largest absolute Gasteiger partial charge is 2.00 e. The first-order valence-corrected chi connectivity index (χ1v) is 13.1. The van der Waals surface area contributed by atoms with Crippen molar-refractivity contribution in [1.82, 2.24) is 9.88 Å². The minimum atomic E-state index is 0. The molecule has 0 fully saturated rings. The quantitative estimate of drug-likeness (QED) is 0.328. The number of anilines is 2. The van der Waals surface area contributed by atoms with Gasteiger partial charge in [-0.3, -0.25) is 9.88 Å². The zero-order valence-electron chi connectivity index (χ0n) is 23.9. The molecule has 0 saturated heterocycles. The molecule has 38 heavy (non-hydrogen) atoms. The Morgan fingerprint density at radius 2 is 1.26 bits per heavy atom. The number of nitrogens with zero attached hydrogens (tertiary/aromatic N) is 2. The average molecular weight is 603 g/mol. The van der Waals surface area contributed by atoms with E-state index in [2.05, 4.69) is 111 Å². The number of aryl methyl sites for hydroxylation is 3. The number of rotatable bonds is 12. The number of halogens is 2. The molecule has 4 nitrogen and oxygen atoms in total. The zero-order valence-corrected chi connectivity index (χ0v) is 26.4. The van der Waals surface area contributed by atoms with Crippen LogP contribution in [0.2, 0.25) is 0 Å². The molecular formula is C31H44Cl2CoN4. The van der Waals surface area contributed by atoms with Crippen molar-refractivity contribution in [2.75, 3.05) is 36.8 Å². The van der Waals surface area contributed by atoms with E-state index in [9.17, 15) is 0 Å². The Kier molecular flexibility index (Phi) is 16.9. The van der Waals surface area contributed by atoms with Crippen LogP contribution in [0.25, 0.3) is 0 Å². The normalized spacial score (nSPS) is 10.6. The maximum absolute atomic E-state index is 4.58. The summed E-state index contributed by atoms with van der Waals surface area (Å²) in [7, 11) is 0. The summed E-state index contributed by atoms with van der Waals surface area (Å²) in [6.07, 6.45) is 1.89. The molecule has 0 spiro atoms. The van der Waals surface area contributed by atoms with E-state index in [0.29, 0.717) is 11.8 Å². The molecule has 1 heterocycles. The number of aromatic nitrogens is 1. The second kappa shape index (κ2) is 17.8. The van der Waals surface area contributed by atoms with Crippen LogP contribution in [0.1, 0.15) is 73.0 Å². The molecule has 0 saturated carbocycles. The topological polar surface area (TPSA) is 40.2 Å². The number of pyridine rings is 1. The summed E-state index contributed by atoms with van der Waals surface area (Å²) in [5.41, 5.74) is 10.4. The fourth-order valence-electron chi connectivity index (χ4n) is 4.88. The Bertz CT molecular complexity index is 1040. The van der Waals surface area contributed by atoms with Crippen LogP contribution in [0.5, 0.6) is 0 Å². The number of para-hydroxylation sites is 1. The summed E-state index contributed by atoms with van der Waals surface area (Å²) >= 11 is 0. The fourth-order valence-corrected chi connectivity index (χ4v) is 4.88. The second-order valence-electron chi connectivity index (χ2n) is 10.3. The summed E-state index contributed by atoms with van der Waals surface area (Å²) in [5.74, 6) is 0.983. The molecule has 7 heteroatoms. The van der Waals surface area contributed by atoms with Gasteiger partial charge in [0.2, 0.25) is 0 Å². The van der Waals surface area contributed by atoms with Gasteiger partial charge in [0.25, 0.3) is 0 Å². The van der Waals surface area contributed by atoms with Crippen molar-refractivity contribution in [2.45, 2.75) is 66.8 Å². The molecule has 211 valence electrons. The third kappa shape index (κ3) is 10.4. The Morgan fingerprint density at radius 1 is 0.737 bits per heavy atom. The number of hydrogen-bond acceptors (Lipinski definition) is 4. The van der Waals surface area contributed by atoms with Crippen molar-refractivity contribution < 1.29 is 41.6 Å². The van der Waals surface area contributed by atoms with Gasteiger partial charge in [0.05, 0.1) is 5.69 Å². The Labute approximate surface area is 253 Å². The van der Waals surface area contributed by atoms with Crippen LogP contribution in [-0.2, 0) is 23.3 Å². The summed E-state index contributed by atoms with van der Waals surface area (Å²) in [6.45, 7) is 20.2.